The fourth-order valence-corrected chi connectivity index (χ4v) is 3.97. The minimum absolute atomic E-state index is 0.176. The average Bonchev–Trinajstić information content (AvgIpc) is 3.19. The van der Waals surface area contributed by atoms with E-state index in [1.807, 2.05) is 49.4 Å². The number of H-pyrrole nitrogens is 2. The van der Waals surface area contributed by atoms with E-state index in [4.69, 9.17) is 4.98 Å². The van der Waals surface area contributed by atoms with Gasteiger partial charge >= 0.3 is 0 Å². The smallest absolute Gasteiger partial charge is 0.259 e. The number of benzene rings is 2. The fourth-order valence-electron chi connectivity index (χ4n) is 3.97. The number of aromatic nitrogens is 5. The maximum atomic E-state index is 12.8. The van der Waals surface area contributed by atoms with Gasteiger partial charge in [-0.15, -0.1) is 0 Å². The Morgan fingerprint density at radius 2 is 1.59 bits per heavy atom. The highest BCUT2D eigenvalue weighted by Gasteiger charge is 2.16. The maximum absolute atomic E-state index is 12.8. The second kappa shape index (κ2) is 5.72. The van der Waals surface area contributed by atoms with Crippen LogP contribution in [0.15, 0.2) is 65.7 Å². The molecule has 0 saturated heterocycles. The number of aromatic amines is 2. The van der Waals surface area contributed by atoms with Crippen molar-refractivity contribution in [1.29, 1.82) is 0 Å². The molecule has 0 atom stereocenters. The summed E-state index contributed by atoms with van der Waals surface area (Å²) in [6, 6.07) is 15.6. The van der Waals surface area contributed by atoms with Crippen LogP contribution in [0.3, 0.4) is 0 Å². The summed E-state index contributed by atoms with van der Waals surface area (Å²) in [6.45, 7) is 2.03. The molecule has 0 aliphatic heterocycles. The Bertz CT molecular complexity index is 1570. The Kier molecular flexibility index (Phi) is 3.14. The molecule has 138 valence electrons. The number of rotatable bonds is 1. The van der Waals surface area contributed by atoms with E-state index in [1.165, 1.54) is 0 Å². The standard InChI is InChI=1S/C23H15N5O/c1-12-6-7-17-13(10-12)11-16(23(29)26-17)22-27-20-14-4-2-8-24-18(14)19-15(21(20)28-22)5-3-9-25-19/h2-11H,1H3,(H,26,29)(H,27,28). The number of imidazole rings is 1. The lowest BCUT2D eigenvalue weighted by Gasteiger charge is -2.03. The van der Waals surface area contributed by atoms with E-state index in [9.17, 15) is 4.79 Å². The second-order valence-corrected chi connectivity index (χ2v) is 7.21. The molecule has 0 bridgehead atoms. The molecule has 4 heterocycles. The predicted molar refractivity (Wildman–Crippen MR) is 115 cm³/mol. The predicted octanol–water partition coefficient (Wildman–Crippen LogP) is 4.48. The van der Waals surface area contributed by atoms with Gasteiger partial charge in [0.15, 0.2) is 0 Å². The molecule has 6 nitrogen and oxygen atoms in total. The van der Waals surface area contributed by atoms with Gasteiger partial charge in [-0.25, -0.2) is 4.98 Å². The van der Waals surface area contributed by atoms with Crippen LogP contribution in [0.2, 0.25) is 0 Å². The first kappa shape index (κ1) is 15.9. The van der Waals surface area contributed by atoms with Crippen molar-refractivity contribution in [3.63, 3.8) is 0 Å². The van der Waals surface area contributed by atoms with Crippen LogP contribution in [0.1, 0.15) is 5.56 Å². The van der Waals surface area contributed by atoms with Gasteiger partial charge < -0.3 is 9.97 Å². The van der Waals surface area contributed by atoms with Gasteiger partial charge in [-0.3, -0.25) is 14.8 Å². The molecule has 0 saturated carbocycles. The molecule has 2 N–H and O–H groups in total. The molecule has 29 heavy (non-hydrogen) atoms. The van der Waals surface area contributed by atoms with Gasteiger partial charge in [-0.2, -0.15) is 0 Å². The summed E-state index contributed by atoms with van der Waals surface area (Å²) < 4.78 is 0. The summed E-state index contributed by atoms with van der Waals surface area (Å²) in [5.41, 5.74) is 5.53. The third-order valence-corrected chi connectivity index (χ3v) is 5.32. The summed E-state index contributed by atoms with van der Waals surface area (Å²) in [5, 5.41) is 2.81. The Balaban J connectivity index is 1.73. The molecule has 6 heteroatoms. The van der Waals surface area contributed by atoms with Crippen molar-refractivity contribution in [1.82, 2.24) is 24.9 Å². The summed E-state index contributed by atoms with van der Waals surface area (Å²) in [5.74, 6) is 0.533. The van der Waals surface area contributed by atoms with E-state index in [1.54, 1.807) is 12.4 Å². The first-order valence-electron chi connectivity index (χ1n) is 9.34. The van der Waals surface area contributed by atoms with Crippen LogP contribution in [-0.2, 0) is 0 Å². The van der Waals surface area contributed by atoms with Crippen LogP contribution in [0, 0.1) is 6.92 Å². The van der Waals surface area contributed by atoms with Crippen molar-refractivity contribution in [2.45, 2.75) is 6.92 Å². The van der Waals surface area contributed by atoms with Gasteiger partial charge in [0.25, 0.3) is 5.56 Å². The van der Waals surface area contributed by atoms with Crippen molar-refractivity contribution in [2.75, 3.05) is 0 Å². The van der Waals surface area contributed by atoms with Crippen molar-refractivity contribution >= 4 is 43.7 Å². The van der Waals surface area contributed by atoms with Crippen molar-refractivity contribution in [2.24, 2.45) is 0 Å². The lowest BCUT2D eigenvalue weighted by atomic mass is 10.1. The van der Waals surface area contributed by atoms with Crippen LogP contribution in [0.25, 0.3) is 55.1 Å². The summed E-state index contributed by atoms with van der Waals surface area (Å²) in [4.78, 5) is 33.0. The van der Waals surface area contributed by atoms with Gasteiger partial charge in [0.05, 0.1) is 27.6 Å². The fraction of sp³-hybridized carbons (Fsp3) is 0.0435. The molecule has 2 aromatic carbocycles. The molecule has 0 amide bonds. The third kappa shape index (κ3) is 2.29. The highest BCUT2D eigenvalue weighted by atomic mass is 16.1. The molecular weight excluding hydrogens is 362 g/mol. The van der Waals surface area contributed by atoms with Gasteiger partial charge in [-0.1, -0.05) is 11.6 Å². The number of aryl methyl sites for hydroxylation is 1. The van der Waals surface area contributed by atoms with Crippen molar-refractivity contribution < 1.29 is 0 Å². The molecule has 0 aliphatic rings. The highest BCUT2D eigenvalue weighted by molar-refractivity contribution is 6.21. The van der Waals surface area contributed by atoms with Crippen LogP contribution < -0.4 is 5.56 Å². The van der Waals surface area contributed by atoms with Gasteiger partial charge in [0.1, 0.15) is 5.82 Å². The lowest BCUT2D eigenvalue weighted by molar-refractivity contribution is 1.25. The van der Waals surface area contributed by atoms with Crippen LogP contribution in [-0.4, -0.2) is 24.9 Å². The van der Waals surface area contributed by atoms with Crippen LogP contribution >= 0.6 is 0 Å². The van der Waals surface area contributed by atoms with Gasteiger partial charge in [0, 0.05) is 28.7 Å². The van der Waals surface area contributed by atoms with E-state index < -0.39 is 0 Å². The quantitative estimate of drug-likeness (QED) is 0.414. The summed E-state index contributed by atoms with van der Waals surface area (Å²) >= 11 is 0. The van der Waals surface area contributed by atoms with E-state index in [-0.39, 0.29) is 5.56 Å². The molecule has 4 aromatic heterocycles. The number of pyridine rings is 3. The zero-order valence-electron chi connectivity index (χ0n) is 15.5. The molecule has 0 spiro atoms. The molecule has 0 unspecified atom stereocenters. The number of nitrogens with zero attached hydrogens (tertiary/aromatic N) is 3. The zero-order chi connectivity index (χ0) is 19.5. The molecule has 6 aromatic rings. The highest BCUT2D eigenvalue weighted by Crippen LogP contribution is 2.32. The second-order valence-electron chi connectivity index (χ2n) is 7.21. The minimum Gasteiger partial charge on any atom is -0.337 e. The zero-order valence-corrected chi connectivity index (χ0v) is 15.5. The number of fused-ring (bicyclic) bond motifs is 7. The third-order valence-electron chi connectivity index (χ3n) is 5.32. The molecule has 0 aliphatic carbocycles. The van der Waals surface area contributed by atoms with E-state index >= 15 is 0 Å². The van der Waals surface area contributed by atoms with E-state index in [0.29, 0.717) is 11.4 Å². The first-order chi connectivity index (χ1) is 14.2. The molecular formula is C23H15N5O. The van der Waals surface area contributed by atoms with Gasteiger partial charge in [0.2, 0.25) is 0 Å². The Morgan fingerprint density at radius 1 is 0.828 bits per heavy atom. The SMILES string of the molecule is Cc1ccc2[nH]c(=O)c(-c3nc4c5cccnc5c5ncccc5c4[nH]3)cc2c1. The normalized spacial score (nSPS) is 11.8. The lowest BCUT2D eigenvalue weighted by Crippen LogP contribution is -2.09. The van der Waals surface area contributed by atoms with Gasteiger partial charge in [-0.05, 0) is 54.8 Å². The maximum Gasteiger partial charge on any atom is 0.259 e. The summed E-state index contributed by atoms with van der Waals surface area (Å²) in [7, 11) is 0. The number of hydrogen-bond acceptors (Lipinski definition) is 4. The Labute approximate surface area is 164 Å². The number of nitrogens with one attached hydrogen (secondary N) is 2. The minimum atomic E-state index is -0.176. The van der Waals surface area contributed by atoms with Crippen LogP contribution in [0.5, 0.6) is 0 Å². The Morgan fingerprint density at radius 3 is 2.41 bits per heavy atom. The van der Waals surface area contributed by atoms with E-state index in [2.05, 4.69) is 26.0 Å². The Hall–Kier alpha value is -4.06. The topological polar surface area (TPSA) is 87.3 Å². The largest absolute Gasteiger partial charge is 0.337 e. The van der Waals surface area contributed by atoms with Crippen LogP contribution in [0.4, 0.5) is 0 Å². The molecule has 6 rings (SSSR count). The molecule has 0 radical (unpaired) electrons. The van der Waals surface area contributed by atoms with E-state index in [0.717, 1.165) is 49.3 Å². The monoisotopic (exact) mass is 377 g/mol. The van der Waals surface area contributed by atoms with Crippen molar-refractivity contribution in [3.05, 3.63) is 76.8 Å². The summed E-state index contributed by atoms with van der Waals surface area (Å²) in [6.07, 6.45) is 3.52. The average molecular weight is 377 g/mol. The van der Waals surface area contributed by atoms with Crippen molar-refractivity contribution in [3.8, 4) is 11.4 Å². The first-order valence-corrected chi connectivity index (χ1v) is 9.34. The number of hydrogen-bond donors (Lipinski definition) is 2. The molecule has 0 fully saturated rings.